The number of carbonyl (C=O) groups is 2. The molecule has 4 nitrogen and oxygen atoms in total. The Morgan fingerprint density at radius 2 is 1.88 bits per heavy atom. The minimum absolute atomic E-state index is 0.0869. The van der Waals surface area contributed by atoms with Crippen LogP contribution in [0.15, 0.2) is 42.5 Å². The second kappa shape index (κ2) is 6.24. The number of fused-ring (bicyclic) bond motifs is 1. The van der Waals surface area contributed by atoms with Gasteiger partial charge in [-0.05, 0) is 31.2 Å². The molecular formula is C21H20FNO3. The summed E-state index contributed by atoms with van der Waals surface area (Å²) >= 11 is 0. The Hall–Kier alpha value is -2.69. The maximum absolute atomic E-state index is 13.9. The van der Waals surface area contributed by atoms with Gasteiger partial charge in [-0.25, -0.2) is 4.39 Å². The number of ether oxygens (including phenoxy) is 1. The average Bonchev–Trinajstić information content (AvgIpc) is 2.63. The summed E-state index contributed by atoms with van der Waals surface area (Å²) in [6.07, 6.45) is 1.45. The van der Waals surface area contributed by atoms with Crippen molar-refractivity contribution in [2.45, 2.75) is 31.8 Å². The van der Waals surface area contributed by atoms with Gasteiger partial charge in [0.15, 0.2) is 5.78 Å². The van der Waals surface area contributed by atoms with Gasteiger partial charge in [0, 0.05) is 25.9 Å². The molecule has 0 aliphatic carbocycles. The van der Waals surface area contributed by atoms with Gasteiger partial charge < -0.3 is 9.64 Å². The van der Waals surface area contributed by atoms with Crippen LogP contribution in [-0.2, 0) is 0 Å². The third-order valence-electron chi connectivity index (χ3n) is 5.31. The third kappa shape index (κ3) is 2.87. The molecule has 2 aliphatic rings. The summed E-state index contributed by atoms with van der Waals surface area (Å²) in [5.41, 5.74) is 1.19. The van der Waals surface area contributed by atoms with Gasteiger partial charge in [0.2, 0.25) is 0 Å². The number of nitrogens with zero attached hydrogens (tertiary/aromatic N) is 1. The summed E-state index contributed by atoms with van der Waals surface area (Å²) in [6, 6.07) is 11.7. The molecule has 1 saturated heterocycles. The highest BCUT2D eigenvalue weighted by molar-refractivity contribution is 6.00. The van der Waals surface area contributed by atoms with Crippen LogP contribution in [0.4, 0.5) is 4.39 Å². The van der Waals surface area contributed by atoms with Crippen molar-refractivity contribution in [1.29, 1.82) is 0 Å². The van der Waals surface area contributed by atoms with E-state index in [1.165, 1.54) is 12.1 Å². The van der Waals surface area contributed by atoms with Crippen LogP contribution < -0.4 is 4.74 Å². The molecule has 2 aliphatic heterocycles. The van der Waals surface area contributed by atoms with Gasteiger partial charge >= 0.3 is 0 Å². The summed E-state index contributed by atoms with van der Waals surface area (Å²) in [7, 11) is 0. The topological polar surface area (TPSA) is 46.6 Å². The number of ketones is 1. The first-order valence-corrected chi connectivity index (χ1v) is 8.84. The number of hydrogen-bond acceptors (Lipinski definition) is 3. The largest absolute Gasteiger partial charge is 0.486 e. The fraction of sp³-hybridized carbons (Fsp3) is 0.333. The highest BCUT2D eigenvalue weighted by Gasteiger charge is 2.43. The number of likely N-dealkylation sites (tertiary alicyclic amines) is 1. The number of rotatable bonds is 1. The lowest BCUT2D eigenvalue weighted by Gasteiger charge is -2.44. The van der Waals surface area contributed by atoms with Crippen molar-refractivity contribution in [3.63, 3.8) is 0 Å². The summed E-state index contributed by atoms with van der Waals surface area (Å²) in [6.45, 7) is 2.84. The highest BCUT2D eigenvalue weighted by atomic mass is 19.1. The number of benzene rings is 2. The Morgan fingerprint density at radius 3 is 2.62 bits per heavy atom. The summed E-state index contributed by atoms with van der Waals surface area (Å²) in [5.74, 6) is -0.105. The van der Waals surface area contributed by atoms with Gasteiger partial charge in [-0.2, -0.15) is 0 Å². The molecule has 2 aromatic rings. The van der Waals surface area contributed by atoms with Crippen LogP contribution in [0, 0.1) is 12.7 Å². The molecule has 1 spiro atoms. The van der Waals surface area contributed by atoms with Crippen LogP contribution in [0.3, 0.4) is 0 Å². The van der Waals surface area contributed by atoms with Crippen molar-refractivity contribution in [3.8, 4) is 5.75 Å². The van der Waals surface area contributed by atoms with Crippen molar-refractivity contribution in [1.82, 2.24) is 4.90 Å². The van der Waals surface area contributed by atoms with E-state index in [-0.39, 0.29) is 17.3 Å². The molecule has 1 amide bonds. The molecule has 0 bridgehead atoms. The van der Waals surface area contributed by atoms with Gasteiger partial charge in [0.1, 0.15) is 17.2 Å². The molecule has 26 heavy (non-hydrogen) atoms. The number of aryl methyl sites for hydroxylation is 1. The second-order valence-electron chi connectivity index (χ2n) is 7.16. The molecule has 0 N–H and O–H groups in total. The predicted octanol–water partition coefficient (Wildman–Crippen LogP) is 3.77. The van der Waals surface area contributed by atoms with Crippen LogP contribution in [-0.4, -0.2) is 35.3 Å². The standard InChI is InChI=1S/C21H20FNO3/c1-14-6-7-19-16(12-14)18(24)13-21(26-19)8-10-23(11-9-21)20(25)15-4-2-3-5-17(15)22/h2-7,12H,8-11,13H2,1H3. The average molecular weight is 353 g/mol. The lowest BCUT2D eigenvalue weighted by molar-refractivity contribution is -0.00581. The van der Waals surface area contributed by atoms with E-state index >= 15 is 0 Å². The van der Waals surface area contributed by atoms with Gasteiger partial charge in [-0.1, -0.05) is 23.8 Å². The highest BCUT2D eigenvalue weighted by Crippen LogP contribution is 2.39. The zero-order chi connectivity index (χ0) is 18.3. The van der Waals surface area contributed by atoms with E-state index in [9.17, 15) is 14.0 Å². The molecule has 0 atom stereocenters. The molecule has 134 valence electrons. The van der Waals surface area contributed by atoms with Crippen LogP contribution >= 0.6 is 0 Å². The van der Waals surface area contributed by atoms with E-state index in [1.807, 2.05) is 25.1 Å². The van der Waals surface area contributed by atoms with Gasteiger partial charge in [-0.15, -0.1) is 0 Å². The Balaban J connectivity index is 1.50. The smallest absolute Gasteiger partial charge is 0.256 e. The summed E-state index contributed by atoms with van der Waals surface area (Å²) in [4.78, 5) is 26.8. The minimum atomic E-state index is -0.564. The van der Waals surface area contributed by atoms with Crippen LogP contribution in [0.2, 0.25) is 0 Å². The van der Waals surface area contributed by atoms with Gasteiger partial charge in [0.05, 0.1) is 17.5 Å². The number of piperidine rings is 1. The summed E-state index contributed by atoms with van der Waals surface area (Å²) in [5, 5.41) is 0. The first-order valence-electron chi connectivity index (χ1n) is 8.84. The van der Waals surface area contributed by atoms with E-state index in [0.717, 1.165) is 5.56 Å². The van der Waals surface area contributed by atoms with Crippen molar-refractivity contribution in [2.24, 2.45) is 0 Å². The number of amides is 1. The van der Waals surface area contributed by atoms with E-state index in [1.54, 1.807) is 17.0 Å². The Labute approximate surface area is 151 Å². The number of carbonyl (C=O) groups excluding carboxylic acids is 2. The molecule has 0 aromatic heterocycles. The quantitative estimate of drug-likeness (QED) is 0.784. The molecule has 4 rings (SSSR count). The zero-order valence-electron chi connectivity index (χ0n) is 14.6. The van der Waals surface area contributed by atoms with Crippen molar-refractivity contribution < 1.29 is 18.7 Å². The van der Waals surface area contributed by atoms with E-state index in [4.69, 9.17) is 4.74 Å². The summed E-state index contributed by atoms with van der Waals surface area (Å²) < 4.78 is 20.1. The lowest BCUT2D eigenvalue weighted by atomic mass is 9.82. The number of halogens is 1. The molecule has 5 heteroatoms. The molecule has 1 fully saturated rings. The maximum atomic E-state index is 13.9. The normalized spacial score (nSPS) is 18.4. The first-order chi connectivity index (χ1) is 12.5. The fourth-order valence-corrected chi connectivity index (χ4v) is 3.81. The second-order valence-corrected chi connectivity index (χ2v) is 7.16. The fourth-order valence-electron chi connectivity index (χ4n) is 3.81. The monoisotopic (exact) mass is 353 g/mol. The van der Waals surface area contributed by atoms with Crippen molar-refractivity contribution in [3.05, 3.63) is 65.0 Å². The number of hydrogen-bond donors (Lipinski definition) is 0. The molecule has 0 unspecified atom stereocenters. The van der Waals surface area contributed by atoms with Crippen molar-refractivity contribution in [2.75, 3.05) is 13.1 Å². The van der Waals surface area contributed by atoms with Gasteiger partial charge in [-0.3, -0.25) is 9.59 Å². The Morgan fingerprint density at radius 1 is 1.15 bits per heavy atom. The zero-order valence-corrected chi connectivity index (χ0v) is 14.6. The molecule has 0 radical (unpaired) electrons. The predicted molar refractivity (Wildman–Crippen MR) is 95.0 cm³/mol. The molecule has 0 saturated carbocycles. The molecule has 2 heterocycles. The van der Waals surface area contributed by atoms with Crippen LogP contribution in [0.1, 0.15) is 45.5 Å². The number of Topliss-reactive ketones (excluding diaryl/α,β-unsaturated/α-hetero) is 1. The van der Waals surface area contributed by atoms with Crippen LogP contribution in [0.5, 0.6) is 5.75 Å². The minimum Gasteiger partial charge on any atom is -0.486 e. The first kappa shape index (κ1) is 16.8. The van der Waals surface area contributed by atoms with E-state index in [0.29, 0.717) is 43.7 Å². The Kier molecular flexibility index (Phi) is 4.02. The van der Waals surface area contributed by atoms with Gasteiger partial charge in [0.25, 0.3) is 5.91 Å². The Bertz CT molecular complexity index is 885. The third-order valence-corrected chi connectivity index (χ3v) is 5.31. The lowest BCUT2D eigenvalue weighted by Crippen LogP contribution is -2.52. The maximum Gasteiger partial charge on any atom is 0.256 e. The van der Waals surface area contributed by atoms with E-state index in [2.05, 4.69) is 0 Å². The molecular weight excluding hydrogens is 333 g/mol. The van der Waals surface area contributed by atoms with Crippen molar-refractivity contribution >= 4 is 11.7 Å². The van der Waals surface area contributed by atoms with Crippen LogP contribution in [0.25, 0.3) is 0 Å². The van der Waals surface area contributed by atoms with E-state index < -0.39 is 11.4 Å². The molecule has 2 aromatic carbocycles. The SMILES string of the molecule is Cc1ccc2c(c1)C(=O)CC1(CCN(C(=O)c3ccccc3F)CC1)O2.